The summed E-state index contributed by atoms with van der Waals surface area (Å²) < 4.78 is 16.4. The van der Waals surface area contributed by atoms with Gasteiger partial charge in [-0.2, -0.15) is 0 Å². The summed E-state index contributed by atoms with van der Waals surface area (Å²) in [5.74, 6) is 0.604. The average Bonchev–Trinajstić information content (AvgIpc) is 2.26. The van der Waals surface area contributed by atoms with Gasteiger partial charge in [0.25, 0.3) is 0 Å². The first-order chi connectivity index (χ1) is 7.54. The third-order valence-corrected chi connectivity index (χ3v) is 3.41. The van der Waals surface area contributed by atoms with Crippen LogP contribution in [0, 0.1) is 0 Å². The normalized spacial score (nSPS) is 11.7. The molecular formula is C11H11O4P. The minimum Gasteiger partial charge on any atom is -0.496 e. The average molecular weight is 238 g/mol. The molecule has 0 heterocycles. The van der Waals surface area contributed by atoms with Crippen molar-refractivity contribution in [2.24, 2.45) is 0 Å². The lowest BCUT2D eigenvalue weighted by molar-refractivity contribution is 0.388. The van der Waals surface area contributed by atoms with Crippen molar-refractivity contribution in [2.45, 2.75) is 0 Å². The summed E-state index contributed by atoms with van der Waals surface area (Å²) in [5.41, 5.74) is 0. The summed E-state index contributed by atoms with van der Waals surface area (Å²) in [6, 6.07) is 9.95. The predicted octanol–water partition coefficient (Wildman–Crippen LogP) is 1.65. The Hall–Kier alpha value is -1.35. The van der Waals surface area contributed by atoms with Gasteiger partial charge >= 0.3 is 7.60 Å². The Balaban J connectivity index is 2.85. The summed E-state index contributed by atoms with van der Waals surface area (Å²) >= 11 is 0. The molecule has 0 aliphatic carbocycles. The zero-order chi connectivity index (χ0) is 11.8. The zero-order valence-electron chi connectivity index (χ0n) is 8.62. The maximum Gasteiger partial charge on any atom is 0.356 e. The van der Waals surface area contributed by atoms with Crippen molar-refractivity contribution in [3.63, 3.8) is 0 Å². The third-order valence-electron chi connectivity index (χ3n) is 2.39. The Morgan fingerprint density at radius 3 is 2.31 bits per heavy atom. The molecule has 2 aromatic rings. The lowest BCUT2D eigenvalue weighted by Gasteiger charge is -2.10. The van der Waals surface area contributed by atoms with Gasteiger partial charge in [0, 0.05) is 10.8 Å². The third kappa shape index (κ3) is 1.83. The maximum atomic E-state index is 11.3. The summed E-state index contributed by atoms with van der Waals surface area (Å²) in [6.45, 7) is 0. The highest BCUT2D eigenvalue weighted by Gasteiger charge is 2.20. The number of hydrogen-bond donors (Lipinski definition) is 2. The van der Waals surface area contributed by atoms with Gasteiger partial charge in [0.05, 0.1) is 12.4 Å². The SMILES string of the molecule is COc1cccc2c(P(=O)(O)O)cccc12. The molecule has 0 unspecified atom stereocenters. The van der Waals surface area contributed by atoms with Crippen LogP contribution in [0.15, 0.2) is 36.4 Å². The molecule has 0 aromatic heterocycles. The van der Waals surface area contributed by atoms with E-state index in [2.05, 4.69) is 0 Å². The van der Waals surface area contributed by atoms with E-state index >= 15 is 0 Å². The monoisotopic (exact) mass is 238 g/mol. The number of benzene rings is 2. The van der Waals surface area contributed by atoms with Crippen LogP contribution in [-0.2, 0) is 4.57 Å². The van der Waals surface area contributed by atoms with Crippen LogP contribution in [0.4, 0.5) is 0 Å². The van der Waals surface area contributed by atoms with Crippen LogP contribution in [0.5, 0.6) is 5.75 Å². The fourth-order valence-corrected chi connectivity index (χ4v) is 2.49. The van der Waals surface area contributed by atoms with E-state index in [0.29, 0.717) is 16.5 Å². The molecule has 0 amide bonds. The topological polar surface area (TPSA) is 66.8 Å². The van der Waals surface area contributed by atoms with Crippen LogP contribution >= 0.6 is 7.60 Å². The molecule has 0 radical (unpaired) electrons. The molecule has 16 heavy (non-hydrogen) atoms. The fourth-order valence-electron chi connectivity index (χ4n) is 1.70. The summed E-state index contributed by atoms with van der Waals surface area (Å²) in [5, 5.41) is 1.25. The molecule has 0 fully saturated rings. The Morgan fingerprint density at radius 1 is 1.06 bits per heavy atom. The molecule has 0 bridgehead atoms. The second-order valence-electron chi connectivity index (χ2n) is 3.38. The van der Waals surface area contributed by atoms with Crippen LogP contribution in [0.3, 0.4) is 0 Å². The van der Waals surface area contributed by atoms with Gasteiger partial charge in [0.1, 0.15) is 5.75 Å². The van der Waals surface area contributed by atoms with E-state index in [1.54, 1.807) is 30.3 Å². The highest BCUT2D eigenvalue weighted by molar-refractivity contribution is 7.60. The molecule has 0 aliphatic heterocycles. The van der Waals surface area contributed by atoms with Crippen LogP contribution in [0.25, 0.3) is 10.8 Å². The number of rotatable bonds is 2. The van der Waals surface area contributed by atoms with Crippen molar-refractivity contribution in [1.29, 1.82) is 0 Å². The highest BCUT2D eigenvalue weighted by atomic mass is 31.2. The van der Waals surface area contributed by atoms with Crippen LogP contribution in [0.1, 0.15) is 0 Å². The van der Waals surface area contributed by atoms with E-state index in [0.717, 1.165) is 0 Å². The van der Waals surface area contributed by atoms with E-state index in [1.807, 2.05) is 0 Å². The summed E-state index contributed by atoms with van der Waals surface area (Å²) in [4.78, 5) is 18.4. The Bertz CT molecular complexity index is 573. The van der Waals surface area contributed by atoms with E-state index < -0.39 is 7.60 Å². The molecule has 2 N–H and O–H groups in total. The Kier molecular flexibility index (Phi) is 2.72. The second kappa shape index (κ2) is 3.91. The molecule has 4 nitrogen and oxygen atoms in total. The van der Waals surface area contributed by atoms with E-state index in [1.165, 1.54) is 13.2 Å². The van der Waals surface area contributed by atoms with Gasteiger partial charge in [-0.1, -0.05) is 24.3 Å². The van der Waals surface area contributed by atoms with Crippen LogP contribution in [0.2, 0.25) is 0 Å². The fraction of sp³-hybridized carbons (Fsp3) is 0.0909. The van der Waals surface area contributed by atoms with Gasteiger partial charge < -0.3 is 14.5 Å². The minimum absolute atomic E-state index is 0.0314. The first-order valence-corrected chi connectivity index (χ1v) is 6.27. The summed E-state index contributed by atoms with van der Waals surface area (Å²) in [6.07, 6.45) is 0. The molecular weight excluding hydrogens is 227 g/mol. The number of ether oxygens (including phenoxy) is 1. The lowest BCUT2D eigenvalue weighted by Crippen LogP contribution is -2.05. The number of fused-ring (bicyclic) bond motifs is 1. The molecule has 0 saturated carbocycles. The van der Waals surface area contributed by atoms with Gasteiger partial charge in [-0.05, 0) is 12.1 Å². The molecule has 0 atom stereocenters. The first kappa shape index (κ1) is 11.1. The van der Waals surface area contributed by atoms with Crippen molar-refractivity contribution in [2.75, 3.05) is 7.11 Å². The zero-order valence-corrected chi connectivity index (χ0v) is 9.52. The highest BCUT2D eigenvalue weighted by Crippen LogP contribution is 2.37. The van der Waals surface area contributed by atoms with Crippen molar-refractivity contribution in [3.8, 4) is 5.75 Å². The largest absolute Gasteiger partial charge is 0.496 e. The molecule has 0 spiro atoms. The first-order valence-electron chi connectivity index (χ1n) is 4.66. The molecule has 0 aliphatic rings. The lowest BCUT2D eigenvalue weighted by atomic mass is 10.1. The summed E-state index contributed by atoms with van der Waals surface area (Å²) in [7, 11) is -2.72. The maximum absolute atomic E-state index is 11.3. The molecule has 5 heteroatoms. The van der Waals surface area contributed by atoms with Crippen LogP contribution < -0.4 is 10.0 Å². The Labute approximate surface area is 92.6 Å². The van der Waals surface area contributed by atoms with E-state index in [9.17, 15) is 14.4 Å². The van der Waals surface area contributed by atoms with Gasteiger partial charge in [0.2, 0.25) is 0 Å². The van der Waals surface area contributed by atoms with Crippen molar-refractivity contribution in [1.82, 2.24) is 0 Å². The predicted molar refractivity (Wildman–Crippen MR) is 62.2 cm³/mol. The smallest absolute Gasteiger partial charge is 0.356 e. The standard InChI is InChI=1S/C11H11O4P/c1-15-10-6-2-5-9-8(10)4-3-7-11(9)16(12,13)14/h2-7H,1H3,(H2,12,13,14). The quantitative estimate of drug-likeness (QED) is 0.781. The molecule has 2 rings (SSSR count). The van der Waals surface area contributed by atoms with E-state index in [4.69, 9.17) is 4.74 Å². The van der Waals surface area contributed by atoms with Gasteiger partial charge in [-0.15, -0.1) is 0 Å². The van der Waals surface area contributed by atoms with Gasteiger partial charge in [-0.3, -0.25) is 4.57 Å². The molecule has 84 valence electrons. The minimum atomic E-state index is -4.25. The van der Waals surface area contributed by atoms with Crippen LogP contribution in [-0.4, -0.2) is 16.9 Å². The van der Waals surface area contributed by atoms with Gasteiger partial charge in [-0.25, -0.2) is 0 Å². The van der Waals surface area contributed by atoms with Crippen molar-refractivity contribution < 1.29 is 19.1 Å². The molecule has 2 aromatic carbocycles. The molecule has 0 saturated heterocycles. The van der Waals surface area contributed by atoms with E-state index in [-0.39, 0.29) is 5.30 Å². The van der Waals surface area contributed by atoms with Crippen molar-refractivity contribution in [3.05, 3.63) is 36.4 Å². The van der Waals surface area contributed by atoms with Gasteiger partial charge in [0.15, 0.2) is 0 Å². The Morgan fingerprint density at radius 2 is 1.69 bits per heavy atom. The second-order valence-corrected chi connectivity index (χ2v) is 4.95. The number of methoxy groups -OCH3 is 1. The number of hydrogen-bond acceptors (Lipinski definition) is 2. The van der Waals surface area contributed by atoms with Crippen molar-refractivity contribution >= 4 is 23.7 Å².